The molecule has 0 spiro atoms. The van der Waals surface area contributed by atoms with Gasteiger partial charge in [0.1, 0.15) is 0 Å². The summed E-state index contributed by atoms with van der Waals surface area (Å²) in [5, 5.41) is 2.67. The molecule has 0 bridgehead atoms. The third-order valence-electron chi connectivity index (χ3n) is 12.6. The van der Waals surface area contributed by atoms with Crippen molar-refractivity contribution in [3.8, 4) is 22.3 Å². The molecule has 1 aromatic heterocycles. The van der Waals surface area contributed by atoms with Crippen LogP contribution >= 0.6 is 11.3 Å². The minimum Gasteiger partial charge on any atom is -0.311 e. The molecule has 0 saturated carbocycles. The molecule has 0 aliphatic heterocycles. The van der Waals surface area contributed by atoms with Crippen LogP contribution in [0.4, 0.5) is 17.1 Å². The Kier molecular flexibility index (Phi) is 7.18. The Hall–Kier alpha value is -6.22. The molecule has 2 heteroatoms. The summed E-state index contributed by atoms with van der Waals surface area (Å²) in [5.74, 6) is 0. The molecule has 1 nitrogen and oxygen atoms in total. The summed E-state index contributed by atoms with van der Waals surface area (Å²) >= 11 is 1.87. The number of thiophene rings is 1. The molecule has 0 amide bonds. The first kappa shape index (κ1) is 33.1. The van der Waals surface area contributed by atoms with Crippen LogP contribution in [0.25, 0.3) is 42.4 Å². The highest BCUT2D eigenvalue weighted by Crippen LogP contribution is 2.64. The maximum absolute atomic E-state index is 2.48. The lowest BCUT2D eigenvalue weighted by Gasteiger charge is -2.37. The van der Waals surface area contributed by atoms with Crippen LogP contribution < -0.4 is 4.90 Å². The Balaban J connectivity index is 1.13. The van der Waals surface area contributed by atoms with Gasteiger partial charge in [-0.25, -0.2) is 0 Å². The van der Waals surface area contributed by atoms with E-state index >= 15 is 0 Å². The summed E-state index contributed by atoms with van der Waals surface area (Å²) in [7, 11) is 0. The number of para-hydroxylation sites is 2. The van der Waals surface area contributed by atoms with Crippen molar-refractivity contribution in [1.82, 2.24) is 0 Å². The SMILES string of the molecule is Cc1cc2c3c(c1)C(c1ccc(-c4ccc5sc6ccccc6c5c4)cc1)(c1ccc(N(c4ccccc4)c4ccccc4)cc1)c1cc(C)cc(c1-3)C2(C)C. The average Bonchev–Trinajstić information content (AvgIpc) is 3.82. The van der Waals surface area contributed by atoms with Gasteiger partial charge >= 0.3 is 0 Å². The van der Waals surface area contributed by atoms with Gasteiger partial charge in [0.2, 0.25) is 0 Å². The van der Waals surface area contributed by atoms with Crippen molar-refractivity contribution in [2.75, 3.05) is 4.90 Å². The van der Waals surface area contributed by atoms with Gasteiger partial charge in [0.25, 0.3) is 0 Å². The van der Waals surface area contributed by atoms with Gasteiger partial charge in [0.05, 0.1) is 5.41 Å². The molecule has 268 valence electrons. The Labute approximate surface area is 333 Å². The molecule has 56 heavy (non-hydrogen) atoms. The van der Waals surface area contributed by atoms with Crippen LogP contribution in [0.3, 0.4) is 0 Å². The molecule has 2 aliphatic rings. The van der Waals surface area contributed by atoms with E-state index in [1.165, 1.54) is 86.9 Å². The van der Waals surface area contributed by atoms with Crippen molar-refractivity contribution < 1.29 is 0 Å². The molecular weight excluding hydrogens is 695 g/mol. The van der Waals surface area contributed by atoms with E-state index in [-0.39, 0.29) is 5.41 Å². The van der Waals surface area contributed by atoms with Gasteiger partial charge in [-0.05, 0) is 124 Å². The number of anilines is 3. The van der Waals surface area contributed by atoms with Gasteiger partial charge in [-0.15, -0.1) is 11.3 Å². The first-order valence-electron chi connectivity index (χ1n) is 19.7. The van der Waals surface area contributed by atoms with Crippen LogP contribution in [-0.2, 0) is 10.8 Å². The van der Waals surface area contributed by atoms with Gasteiger partial charge in [0, 0.05) is 42.6 Å². The van der Waals surface area contributed by atoms with E-state index in [9.17, 15) is 0 Å². The summed E-state index contributed by atoms with van der Waals surface area (Å²) in [5.41, 5.74) is 19.1. The zero-order chi connectivity index (χ0) is 37.8. The van der Waals surface area contributed by atoms with Crippen molar-refractivity contribution in [2.24, 2.45) is 0 Å². The monoisotopic (exact) mass is 735 g/mol. The molecule has 9 aromatic rings. The van der Waals surface area contributed by atoms with E-state index in [0.29, 0.717) is 0 Å². The van der Waals surface area contributed by atoms with Crippen LogP contribution in [0.2, 0.25) is 0 Å². The largest absolute Gasteiger partial charge is 0.311 e. The van der Waals surface area contributed by atoms with Crippen LogP contribution in [0.15, 0.2) is 176 Å². The van der Waals surface area contributed by atoms with E-state index in [1.54, 1.807) is 0 Å². The smallest absolute Gasteiger partial charge is 0.0714 e. The van der Waals surface area contributed by atoms with E-state index in [0.717, 1.165) is 17.1 Å². The topological polar surface area (TPSA) is 3.24 Å². The molecular formula is C54H41NS. The van der Waals surface area contributed by atoms with Gasteiger partial charge in [-0.2, -0.15) is 0 Å². The second-order valence-corrected chi connectivity index (χ2v) is 17.4. The summed E-state index contributed by atoms with van der Waals surface area (Å²) in [4.78, 5) is 2.35. The first-order valence-corrected chi connectivity index (χ1v) is 20.5. The molecule has 0 saturated heterocycles. The lowest BCUT2D eigenvalue weighted by molar-refractivity contribution is 0.650. The normalized spacial score (nSPS) is 14.4. The standard InChI is InChI=1S/C54H41NS/c1-34-29-45-51-47(31-34)54(48-32-35(2)30-46(52(48)51)53(45,3)4,39-24-26-42(27-25-39)55(40-13-7-5-8-14-40)41-15-9-6-10-16-41)38-22-19-36(20-23-38)37-21-28-50-44(33-37)43-17-11-12-18-49(43)56-50/h5-33H,1-4H3. The highest BCUT2D eigenvalue weighted by Gasteiger charge is 2.53. The molecule has 1 heterocycles. The molecule has 0 radical (unpaired) electrons. The maximum atomic E-state index is 2.48. The van der Waals surface area contributed by atoms with Crippen molar-refractivity contribution in [1.29, 1.82) is 0 Å². The van der Waals surface area contributed by atoms with Crippen molar-refractivity contribution in [3.63, 3.8) is 0 Å². The number of aryl methyl sites for hydroxylation is 2. The fraction of sp³-hybridized carbons (Fsp3) is 0.111. The van der Waals surface area contributed by atoms with Crippen molar-refractivity contribution in [2.45, 2.75) is 38.5 Å². The van der Waals surface area contributed by atoms with E-state index < -0.39 is 5.41 Å². The Morgan fingerprint density at radius 1 is 0.411 bits per heavy atom. The predicted octanol–water partition coefficient (Wildman–Crippen LogP) is 14.8. The highest BCUT2D eigenvalue weighted by molar-refractivity contribution is 7.25. The van der Waals surface area contributed by atoms with E-state index in [1.807, 2.05) is 11.3 Å². The minimum absolute atomic E-state index is 0.0670. The van der Waals surface area contributed by atoms with Gasteiger partial charge in [0.15, 0.2) is 0 Å². The zero-order valence-electron chi connectivity index (χ0n) is 32.1. The second-order valence-electron chi connectivity index (χ2n) is 16.3. The van der Waals surface area contributed by atoms with Crippen molar-refractivity contribution in [3.05, 3.63) is 220 Å². The summed E-state index contributed by atoms with van der Waals surface area (Å²) in [6.45, 7) is 9.38. The van der Waals surface area contributed by atoms with E-state index in [2.05, 4.69) is 209 Å². The Bertz CT molecular complexity index is 2890. The molecule has 0 N–H and O–H groups in total. The van der Waals surface area contributed by atoms with Gasteiger partial charge in [-0.1, -0.05) is 146 Å². The van der Waals surface area contributed by atoms with E-state index in [4.69, 9.17) is 0 Å². The first-order chi connectivity index (χ1) is 27.3. The summed E-state index contributed by atoms with van der Waals surface area (Å²) < 4.78 is 2.67. The van der Waals surface area contributed by atoms with Gasteiger partial charge in [-0.3, -0.25) is 0 Å². The van der Waals surface area contributed by atoms with Crippen LogP contribution in [0, 0.1) is 13.8 Å². The Morgan fingerprint density at radius 3 is 1.46 bits per heavy atom. The second kappa shape index (κ2) is 12.1. The summed E-state index contributed by atoms with van der Waals surface area (Å²) in [6, 6.07) is 66.0. The molecule has 11 rings (SSSR count). The summed E-state index contributed by atoms with van der Waals surface area (Å²) in [6.07, 6.45) is 0. The lowest BCUT2D eigenvalue weighted by atomic mass is 9.65. The Morgan fingerprint density at radius 2 is 0.875 bits per heavy atom. The number of nitrogens with zero attached hydrogens (tertiary/aromatic N) is 1. The highest BCUT2D eigenvalue weighted by atomic mass is 32.1. The third-order valence-corrected chi connectivity index (χ3v) is 13.7. The minimum atomic E-state index is -0.488. The molecule has 2 aliphatic carbocycles. The number of hydrogen-bond donors (Lipinski definition) is 0. The number of benzene rings is 8. The molecule has 8 aromatic carbocycles. The number of fused-ring (bicyclic) bond motifs is 3. The van der Waals surface area contributed by atoms with Crippen molar-refractivity contribution >= 4 is 48.6 Å². The quantitative estimate of drug-likeness (QED) is 0.164. The van der Waals surface area contributed by atoms with Crippen LogP contribution in [0.5, 0.6) is 0 Å². The number of rotatable bonds is 6. The average molecular weight is 736 g/mol. The number of hydrogen-bond acceptors (Lipinski definition) is 2. The molecule has 0 fully saturated rings. The third kappa shape index (κ3) is 4.66. The fourth-order valence-corrected chi connectivity index (χ4v) is 11.1. The molecule has 0 atom stereocenters. The van der Waals surface area contributed by atoms with Gasteiger partial charge < -0.3 is 4.90 Å². The predicted molar refractivity (Wildman–Crippen MR) is 238 cm³/mol. The zero-order valence-corrected chi connectivity index (χ0v) is 32.9. The molecule has 0 unspecified atom stereocenters. The van der Waals surface area contributed by atoms with Crippen LogP contribution in [0.1, 0.15) is 58.4 Å². The maximum Gasteiger partial charge on any atom is 0.0714 e. The lowest BCUT2D eigenvalue weighted by Crippen LogP contribution is -2.30. The van der Waals surface area contributed by atoms with Crippen LogP contribution in [-0.4, -0.2) is 0 Å². The fourth-order valence-electron chi connectivity index (χ4n) is 10.0.